The molecule has 1 N–H and O–H groups in total. The lowest BCUT2D eigenvalue weighted by atomic mass is 9.93. The van der Waals surface area contributed by atoms with Crippen molar-refractivity contribution < 1.29 is 0 Å². The first kappa shape index (κ1) is 12.2. The summed E-state index contributed by atoms with van der Waals surface area (Å²) in [5.41, 5.74) is 1.31. The first-order chi connectivity index (χ1) is 7.04. The molecule has 0 unspecified atom stereocenters. The third kappa shape index (κ3) is 4.03. The van der Waals surface area contributed by atoms with Crippen LogP contribution in [-0.4, -0.2) is 18.6 Å². The number of hydrogen-bond donors (Lipinski definition) is 1. The fourth-order valence-electron chi connectivity index (χ4n) is 1.03. The summed E-state index contributed by atoms with van der Waals surface area (Å²) in [5, 5.41) is 6.24. The molecular weight excluding hydrogens is 204 g/mol. The highest BCUT2D eigenvalue weighted by atomic mass is 32.1. The van der Waals surface area contributed by atoms with Crippen molar-refractivity contribution in [1.29, 1.82) is 0 Å². The first-order valence-electron chi connectivity index (χ1n) is 5.09. The van der Waals surface area contributed by atoms with E-state index in [2.05, 4.69) is 48.3 Å². The van der Waals surface area contributed by atoms with Crippen LogP contribution >= 0.6 is 11.3 Å². The first-order valence-corrected chi connectivity index (χ1v) is 5.97. The molecule has 0 atom stereocenters. The van der Waals surface area contributed by atoms with E-state index in [4.69, 9.17) is 0 Å². The van der Waals surface area contributed by atoms with Crippen LogP contribution in [0, 0.1) is 11.8 Å². The molecule has 0 amide bonds. The molecule has 0 radical (unpaired) electrons. The van der Waals surface area contributed by atoms with E-state index in [1.807, 2.05) is 7.05 Å². The molecule has 0 fully saturated rings. The average molecular weight is 222 g/mol. The van der Waals surface area contributed by atoms with Crippen LogP contribution in [0.5, 0.6) is 0 Å². The van der Waals surface area contributed by atoms with E-state index in [1.165, 1.54) is 0 Å². The summed E-state index contributed by atoms with van der Waals surface area (Å²) in [7, 11) is 1.90. The molecular formula is C12H18N2S. The van der Waals surface area contributed by atoms with Gasteiger partial charge >= 0.3 is 0 Å². The highest BCUT2D eigenvalue weighted by Gasteiger charge is 2.16. The van der Waals surface area contributed by atoms with Crippen molar-refractivity contribution in [2.75, 3.05) is 13.6 Å². The summed E-state index contributed by atoms with van der Waals surface area (Å²) >= 11 is 1.70. The van der Waals surface area contributed by atoms with Crippen molar-refractivity contribution in [1.82, 2.24) is 10.3 Å². The Kier molecular flexibility index (Phi) is 4.31. The zero-order chi connectivity index (χ0) is 11.3. The largest absolute Gasteiger partial charge is 0.309 e. The number of hydrogen-bond acceptors (Lipinski definition) is 3. The highest BCUT2D eigenvalue weighted by molar-refractivity contribution is 7.09. The van der Waals surface area contributed by atoms with Crippen molar-refractivity contribution in [3.63, 3.8) is 0 Å². The van der Waals surface area contributed by atoms with Crippen LogP contribution in [0.1, 0.15) is 31.5 Å². The molecule has 0 aliphatic carbocycles. The van der Waals surface area contributed by atoms with Crippen LogP contribution < -0.4 is 5.32 Å². The summed E-state index contributed by atoms with van der Waals surface area (Å²) in [6.45, 7) is 7.28. The average Bonchev–Trinajstić information content (AvgIpc) is 2.60. The summed E-state index contributed by atoms with van der Waals surface area (Å²) in [6, 6.07) is 0. The van der Waals surface area contributed by atoms with Gasteiger partial charge in [-0.2, -0.15) is 0 Å². The van der Waals surface area contributed by atoms with Gasteiger partial charge in [0.15, 0.2) is 0 Å². The third-order valence-electron chi connectivity index (χ3n) is 1.95. The normalized spacial score (nSPS) is 10.9. The Balaban J connectivity index is 2.59. The number of rotatable bonds is 2. The molecule has 3 heteroatoms. The lowest BCUT2D eigenvalue weighted by Gasteiger charge is -2.14. The van der Waals surface area contributed by atoms with Gasteiger partial charge in [0.2, 0.25) is 0 Å². The number of thiazole rings is 1. The van der Waals surface area contributed by atoms with E-state index in [-0.39, 0.29) is 5.41 Å². The summed E-state index contributed by atoms with van der Waals surface area (Å²) in [6.07, 6.45) is 0.766. The Morgan fingerprint density at radius 1 is 1.40 bits per heavy atom. The molecule has 2 nitrogen and oxygen atoms in total. The van der Waals surface area contributed by atoms with E-state index >= 15 is 0 Å². The van der Waals surface area contributed by atoms with Crippen LogP contribution in [0.3, 0.4) is 0 Å². The summed E-state index contributed by atoms with van der Waals surface area (Å²) < 4.78 is 0. The zero-order valence-corrected chi connectivity index (χ0v) is 10.7. The minimum Gasteiger partial charge on any atom is -0.309 e. The van der Waals surface area contributed by atoms with Gasteiger partial charge in [0.1, 0.15) is 5.01 Å². The van der Waals surface area contributed by atoms with Gasteiger partial charge in [-0.1, -0.05) is 32.6 Å². The highest BCUT2D eigenvalue weighted by Crippen LogP contribution is 2.23. The molecule has 0 spiro atoms. The SMILES string of the molecule is CNCC#CCc1nc(C(C)(C)C)cs1. The Morgan fingerprint density at radius 3 is 2.67 bits per heavy atom. The predicted molar refractivity (Wildman–Crippen MR) is 66.2 cm³/mol. The van der Waals surface area contributed by atoms with E-state index in [1.54, 1.807) is 11.3 Å². The second-order valence-electron chi connectivity index (χ2n) is 4.44. The van der Waals surface area contributed by atoms with Crippen molar-refractivity contribution in [2.45, 2.75) is 32.6 Å². The van der Waals surface area contributed by atoms with Gasteiger partial charge in [0.05, 0.1) is 18.7 Å². The van der Waals surface area contributed by atoms with E-state index < -0.39 is 0 Å². The van der Waals surface area contributed by atoms with Crippen molar-refractivity contribution in [3.05, 3.63) is 16.1 Å². The maximum Gasteiger partial charge on any atom is 0.105 e. The molecule has 1 rings (SSSR count). The molecule has 82 valence electrons. The van der Waals surface area contributed by atoms with Crippen molar-refractivity contribution in [3.8, 4) is 11.8 Å². The molecule has 1 heterocycles. The van der Waals surface area contributed by atoms with Crippen LogP contribution in [0.4, 0.5) is 0 Å². The molecule has 1 aromatic rings. The fourth-order valence-corrected chi connectivity index (χ4v) is 1.99. The quantitative estimate of drug-likeness (QED) is 0.776. The van der Waals surface area contributed by atoms with E-state index in [9.17, 15) is 0 Å². The number of aromatic nitrogens is 1. The lowest BCUT2D eigenvalue weighted by molar-refractivity contribution is 0.571. The Hall–Kier alpha value is -0.850. The smallest absolute Gasteiger partial charge is 0.105 e. The lowest BCUT2D eigenvalue weighted by Crippen LogP contribution is -2.11. The minimum atomic E-state index is 0.146. The molecule has 0 aliphatic rings. The summed E-state index contributed by atoms with van der Waals surface area (Å²) in [4.78, 5) is 4.57. The fraction of sp³-hybridized carbons (Fsp3) is 0.583. The van der Waals surface area contributed by atoms with Crippen LogP contribution in [0.15, 0.2) is 5.38 Å². The Labute approximate surface area is 96.1 Å². The van der Waals surface area contributed by atoms with Crippen LogP contribution in [0.25, 0.3) is 0 Å². The maximum absolute atomic E-state index is 4.57. The van der Waals surface area contributed by atoms with E-state index in [0.29, 0.717) is 0 Å². The van der Waals surface area contributed by atoms with Gasteiger partial charge in [-0.3, -0.25) is 0 Å². The second-order valence-corrected chi connectivity index (χ2v) is 5.38. The molecule has 0 saturated carbocycles. The van der Waals surface area contributed by atoms with Crippen molar-refractivity contribution >= 4 is 11.3 Å². The topological polar surface area (TPSA) is 24.9 Å². The van der Waals surface area contributed by atoms with Gasteiger partial charge in [0.25, 0.3) is 0 Å². The Morgan fingerprint density at radius 2 is 2.13 bits per heavy atom. The van der Waals surface area contributed by atoms with Gasteiger partial charge in [0, 0.05) is 10.8 Å². The van der Waals surface area contributed by atoms with Crippen LogP contribution in [-0.2, 0) is 11.8 Å². The van der Waals surface area contributed by atoms with Gasteiger partial charge in [-0.25, -0.2) is 4.98 Å². The number of nitrogens with one attached hydrogen (secondary N) is 1. The summed E-state index contributed by atoms with van der Waals surface area (Å²) in [5.74, 6) is 6.14. The van der Waals surface area contributed by atoms with Gasteiger partial charge < -0.3 is 5.32 Å². The molecule has 15 heavy (non-hydrogen) atoms. The van der Waals surface area contributed by atoms with Gasteiger partial charge in [-0.15, -0.1) is 11.3 Å². The van der Waals surface area contributed by atoms with E-state index in [0.717, 1.165) is 23.7 Å². The predicted octanol–water partition coefficient (Wildman–Crippen LogP) is 2.21. The molecule has 0 saturated heterocycles. The van der Waals surface area contributed by atoms with Crippen molar-refractivity contribution in [2.24, 2.45) is 0 Å². The molecule has 0 aliphatic heterocycles. The zero-order valence-electron chi connectivity index (χ0n) is 9.85. The molecule has 0 aromatic carbocycles. The third-order valence-corrected chi connectivity index (χ3v) is 2.80. The maximum atomic E-state index is 4.57. The monoisotopic (exact) mass is 222 g/mol. The second kappa shape index (κ2) is 5.29. The molecule has 1 aromatic heterocycles. The molecule has 0 bridgehead atoms. The Bertz CT molecular complexity index is 363. The van der Waals surface area contributed by atoms with Crippen LogP contribution in [0.2, 0.25) is 0 Å². The minimum absolute atomic E-state index is 0.146. The standard InChI is InChI=1S/C12H18N2S/c1-12(2,3)10-9-15-11(14-10)7-5-6-8-13-4/h9,13H,7-8H2,1-4H3. The van der Waals surface area contributed by atoms with Gasteiger partial charge in [-0.05, 0) is 7.05 Å². The number of nitrogens with zero attached hydrogens (tertiary/aromatic N) is 1.